The average molecular weight is 316 g/mol. The van der Waals surface area contributed by atoms with Crippen LogP contribution in [0.25, 0.3) is 0 Å². The molecule has 2 N–H and O–H groups in total. The van der Waals surface area contributed by atoms with Crippen LogP contribution in [0, 0.1) is 5.82 Å². The van der Waals surface area contributed by atoms with Gasteiger partial charge in [0.15, 0.2) is 0 Å². The molecule has 5 nitrogen and oxygen atoms in total. The van der Waals surface area contributed by atoms with Crippen LogP contribution in [0.3, 0.4) is 0 Å². The number of methoxy groups -OCH3 is 1. The number of hydrogen-bond donors (Lipinski definition) is 2. The topological polar surface area (TPSA) is 67.4 Å². The van der Waals surface area contributed by atoms with E-state index in [-0.39, 0.29) is 24.2 Å². The van der Waals surface area contributed by atoms with Gasteiger partial charge in [0.2, 0.25) is 5.91 Å². The molecule has 2 aromatic carbocycles. The van der Waals surface area contributed by atoms with Gasteiger partial charge in [-0.15, -0.1) is 0 Å². The van der Waals surface area contributed by atoms with Crippen LogP contribution in [-0.4, -0.2) is 18.9 Å². The van der Waals surface area contributed by atoms with Crippen LogP contribution in [0.15, 0.2) is 42.5 Å². The molecule has 2 aromatic rings. The van der Waals surface area contributed by atoms with E-state index < -0.39 is 0 Å². The van der Waals surface area contributed by atoms with Crippen molar-refractivity contribution in [3.05, 3.63) is 59.4 Å². The van der Waals surface area contributed by atoms with Gasteiger partial charge in [0.05, 0.1) is 12.7 Å². The van der Waals surface area contributed by atoms with Crippen molar-refractivity contribution in [2.75, 3.05) is 12.4 Å². The number of rotatable bonds is 5. The van der Waals surface area contributed by atoms with Gasteiger partial charge >= 0.3 is 0 Å². The Morgan fingerprint density at radius 2 is 1.83 bits per heavy atom. The lowest BCUT2D eigenvalue weighted by Crippen LogP contribution is -2.23. The molecule has 0 saturated carbocycles. The maximum absolute atomic E-state index is 12.9. The van der Waals surface area contributed by atoms with Gasteiger partial charge in [-0.05, 0) is 35.9 Å². The SMILES string of the molecule is COc1ccc(NC(C)=O)cc1C(=O)NCc1ccc(F)cc1. The van der Waals surface area contributed by atoms with Gasteiger partial charge in [-0.1, -0.05) is 12.1 Å². The fourth-order valence-electron chi connectivity index (χ4n) is 2.05. The third-order valence-corrected chi connectivity index (χ3v) is 3.13. The van der Waals surface area contributed by atoms with E-state index in [9.17, 15) is 14.0 Å². The molecular weight excluding hydrogens is 299 g/mol. The number of carbonyl (C=O) groups is 2. The summed E-state index contributed by atoms with van der Waals surface area (Å²) in [5.74, 6) is -0.508. The van der Waals surface area contributed by atoms with Crippen LogP contribution in [0.1, 0.15) is 22.8 Å². The zero-order valence-corrected chi connectivity index (χ0v) is 12.9. The minimum absolute atomic E-state index is 0.229. The Morgan fingerprint density at radius 3 is 2.43 bits per heavy atom. The molecule has 2 rings (SSSR count). The summed E-state index contributed by atoms with van der Waals surface area (Å²) < 4.78 is 18.0. The van der Waals surface area contributed by atoms with E-state index in [2.05, 4.69) is 10.6 Å². The molecule has 0 atom stereocenters. The minimum Gasteiger partial charge on any atom is -0.496 e. The smallest absolute Gasteiger partial charge is 0.255 e. The van der Waals surface area contributed by atoms with E-state index in [1.54, 1.807) is 30.3 Å². The summed E-state index contributed by atoms with van der Waals surface area (Å²) in [6.45, 7) is 1.64. The Bertz CT molecular complexity index is 714. The lowest BCUT2D eigenvalue weighted by atomic mass is 10.1. The summed E-state index contributed by atoms with van der Waals surface area (Å²) in [7, 11) is 1.46. The van der Waals surface area contributed by atoms with Gasteiger partial charge in [0.25, 0.3) is 5.91 Å². The highest BCUT2D eigenvalue weighted by Crippen LogP contribution is 2.22. The quantitative estimate of drug-likeness (QED) is 0.891. The highest BCUT2D eigenvalue weighted by Gasteiger charge is 2.13. The van der Waals surface area contributed by atoms with E-state index in [0.717, 1.165) is 5.56 Å². The summed E-state index contributed by atoms with van der Waals surface area (Å²) in [5.41, 5.74) is 1.59. The molecule has 0 heterocycles. The number of hydrogen-bond acceptors (Lipinski definition) is 3. The molecule has 0 aliphatic heterocycles. The van der Waals surface area contributed by atoms with Crippen molar-refractivity contribution in [2.24, 2.45) is 0 Å². The van der Waals surface area contributed by atoms with Crippen molar-refractivity contribution in [3.8, 4) is 5.75 Å². The fraction of sp³-hybridized carbons (Fsp3) is 0.176. The number of carbonyl (C=O) groups excluding carboxylic acids is 2. The second kappa shape index (κ2) is 7.40. The summed E-state index contributed by atoms with van der Waals surface area (Å²) in [6.07, 6.45) is 0. The standard InChI is InChI=1S/C17H17FN2O3/c1-11(21)20-14-7-8-16(23-2)15(9-14)17(22)19-10-12-3-5-13(18)6-4-12/h3-9H,10H2,1-2H3,(H,19,22)(H,20,21). The molecule has 0 spiro atoms. The number of halogens is 1. The minimum atomic E-state index is -0.349. The molecule has 0 aliphatic carbocycles. The van der Waals surface area contributed by atoms with Crippen molar-refractivity contribution in [1.82, 2.24) is 5.32 Å². The maximum atomic E-state index is 12.9. The predicted molar refractivity (Wildman–Crippen MR) is 84.9 cm³/mol. The van der Waals surface area contributed by atoms with E-state index in [1.165, 1.54) is 26.2 Å². The second-order valence-electron chi connectivity index (χ2n) is 4.91. The summed E-state index contributed by atoms with van der Waals surface area (Å²) in [5, 5.41) is 5.35. The summed E-state index contributed by atoms with van der Waals surface area (Å²) in [6, 6.07) is 10.7. The predicted octanol–water partition coefficient (Wildman–Crippen LogP) is 2.72. The molecule has 0 bridgehead atoms. The molecule has 0 saturated heterocycles. The third-order valence-electron chi connectivity index (χ3n) is 3.13. The third kappa shape index (κ3) is 4.54. The van der Waals surface area contributed by atoms with Crippen molar-refractivity contribution < 1.29 is 18.7 Å². The Hall–Kier alpha value is -2.89. The lowest BCUT2D eigenvalue weighted by molar-refractivity contribution is -0.114. The van der Waals surface area contributed by atoms with Crippen LogP contribution >= 0.6 is 0 Å². The highest BCUT2D eigenvalue weighted by atomic mass is 19.1. The zero-order valence-electron chi connectivity index (χ0n) is 12.9. The first-order valence-electron chi connectivity index (χ1n) is 6.98. The molecule has 23 heavy (non-hydrogen) atoms. The van der Waals surface area contributed by atoms with Crippen LogP contribution in [-0.2, 0) is 11.3 Å². The number of ether oxygens (including phenoxy) is 1. The van der Waals surface area contributed by atoms with E-state index in [0.29, 0.717) is 17.0 Å². The zero-order chi connectivity index (χ0) is 16.8. The Balaban J connectivity index is 2.13. The van der Waals surface area contributed by atoms with Crippen molar-refractivity contribution in [2.45, 2.75) is 13.5 Å². The first-order valence-corrected chi connectivity index (χ1v) is 6.98. The maximum Gasteiger partial charge on any atom is 0.255 e. The van der Waals surface area contributed by atoms with Gasteiger partial charge in [-0.25, -0.2) is 4.39 Å². The Morgan fingerprint density at radius 1 is 1.13 bits per heavy atom. The van der Waals surface area contributed by atoms with Crippen LogP contribution in [0.2, 0.25) is 0 Å². The normalized spacial score (nSPS) is 10.0. The molecule has 0 fully saturated rings. The number of benzene rings is 2. The summed E-state index contributed by atoms with van der Waals surface area (Å²) in [4.78, 5) is 23.4. The van der Waals surface area contributed by atoms with E-state index in [4.69, 9.17) is 4.74 Å². The van der Waals surface area contributed by atoms with Crippen molar-refractivity contribution in [1.29, 1.82) is 0 Å². The molecule has 120 valence electrons. The Kier molecular flexibility index (Phi) is 5.30. The molecule has 0 aromatic heterocycles. The largest absolute Gasteiger partial charge is 0.496 e. The van der Waals surface area contributed by atoms with Crippen LogP contribution in [0.4, 0.5) is 10.1 Å². The monoisotopic (exact) mass is 316 g/mol. The second-order valence-corrected chi connectivity index (χ2v) is 4.91. The molecular formula is C17H17FN2O3. The van der Waals surface area contributed by atoms with Gasteiger partial charge in [0, 0.05) is 19.2 Å². The van der Waals surface area contributed by atoms with Gasteiger partial charge in [-0.2, -0.15) is 0 Å². The lowest BCUT2D eigenvalue weighted by Gasteiger charge is -2.11. The van der Waals surface area contributed by atoms with Crippen molar-refractivity contribution >= 4 is 17.5 Å². The first kappa shape index (κ1) is 16.5. The number of nitrogens with one attached hydrogen (secondary N) is 2. The number of amides is 2. The highest BCUT2D eigenvalue weighted by molar-refractivity contribution is 5.99. The van der Waals surface area contributed by atoms with E-state index in [1.807, 2.05) is 0 Å². The molecule has 0 aliphatic rings. The van der Waals surface area contributed by atoms with Crippen molar-refractivity contribution in [3.63, 3.8) is 0 Å². The van der Waals surface area contributed by atoms with Crippen LogP contribution < -0.4 is 15.4 Å². The molecule has 0 radical (unpaired) electrons. The van der Waals surface area contributed by atoms with E-state index >= 15 is 0 Å². The average Bonchev–Trinajstić information content (AvgIpc) is 2.53. The van der Waals surface area contributed by atoms with Gasteiger partial charge < -0.3 is 15.4 Å². The first-order chi connectivity index (χ1) is 11.0. The van der Waals surface area contributed by atoms with Gasteiger partial charge in [0.1, 0.15) is 11.6 Å². The fourth-order valence-corrected chi connectivity index (χ4v) is 2.05. The number of anilines is 1. The van der Waals surface area contributed by atoms with Gasteiger partial charge in [-0.3, -0.25) is 9.59 Å². The molecule has 2 amide bonds. The molecule has 6 heteroatoms. The molecule has 0 unspecified atom stereocenters. The Labute approximate surface area is 133 Å². The van der Waals surface area contributed by atoms with Crippen LogP contribution in [0.5, 0.6) is 5.75 Å². The summed E-state index contributed by atoms with van der Waals surface area (Å²) >= 11 is 0.